The molecule has 0 atom stereocenters. The van der Waals surface area contributed by atoms with E-state index in [9.17, 15) is 4.79 Å². The number of amides is 1. The molecule has 0 aliphatic carbocycles. The summed E-state index contributed by atoms with van der Waals surface area (Å²) in [4.78, 5) is 17.1. The lowest BCUT2D eigenvalue weighted by Gasteiger charge is -2.07. The lowest BCUT2D eigenvalue weighted by molar-refractivity contribution is -0.116. The van der Waals surface area contributed by atoms with Gasteiger partial charge in [0.2, 0.25) is 5.91 Å². The maximum absolute atomic E-state index is 12.6. The Labute approximate surface area is 168 Å². The van der Waals surface area contributed by atoms with Crippen LogP contribution in [0, 0.1) is 13.8 Å². The molecule has 0 radical (unpaired) electrons. The normalized spacial score (nSPS) is 11.0. The van der Waals surface area contributed by atoms with E-state index in [4.69, 9.17) is 4.74 Å². The highest BCUT2D eigenvalue weighted by Gasteiger charge is 2.17. The van der Waals surface area contributed by atoms with E-state index in [-0.39, 0.29) is 12.5 Å². The molecule has 1 N–H and O–H groups in total. The fourth-order valence-electron chi connectivity index (χ4n) is 3.35. The number of nitrogens with one attached hydrogen (secondary N) is 1. The molecular formula is C21H22N6O2. The Morgan fingerprint density at radius 3 is 2.59 bits per heavy atom. The average molecular weight is 390 g/mol. The van der Waals surface area contributed by atoms with E-state index in [0.29, 0.717) is 11.3 Å². The van der Waals surface area contributed by atoms with Gasteiger partial charge in [0, 0.05) is 18.6 Å². The van der Waals surface area contributed by atoms with Crippen molar-refractivity contribution in [1.29, 1.82) is 0 Å². The molecule has 1 aromatic carbocycles. The van der Waals surface area contributed by atoms with Crippen LogP contribution in [0.1, 0.15) is 11.4 Å². The molecule has 29 heavy (non-hydrogen) atoms. The number of nitrogens with zero attached hydrogens (tertiary/aromatic N) is 5. The van der Waals surface area contributed by atoms with E-state index < -0.39 is 0 Å². The van der Waals surface area contributed by atoms with Crippen LogP contribution < -0.4 is 10.1 Å². The number of pyridine rings is 1. The zero-order valence-corrected chi connectivity index (χ0v) is 16.8. The van der Waals surface area contributed by atoms with E-state index in [1.54, 1.807) is 28.9 Å². The zero-order chi connectivity index (χ0) is 20.5. The van der Waals surface area contributed by atoms with Gasteiger partial charge in [-0.1, -0.05) is 12.1 Å². The van der Waals surface area contributed by atoms with Crippen molar-refractivity contribution in [3.8, 4) is 16.9 Å². The molecule has 0 fully saturated rings. The molecule has 0 aliphatic heterocycles. The smallest absolute Gasteiger partial charge is 0.246 e. The molecule has 0 aliphatic rings. The van der Waals surface area contributed by atoms with Crippen molar-refractivity contribution in [2.24, 2.45) is 7.05 Å². The Morgan fingerprint density at radius 2 is 1.93 bits per heavy atom. The molecular weight excluding hydrogens is 368 g/mol. The monoisotopic (exact) mass is 390 g/mol. The molecule has 0 saturated heterocycles. The summed E-state index contributed by atoms with van der Waals surface area (Å²) in [5.41, 5.74) is 5.14. The number of rotatable bonds is 5. The molecule has 3 heterocycles. The summed E-state index contributed by atoms with van der Waals surface area (Å²) in [6, 6.07) is 9.81. The second-order valence-electron chi connectivity index (χ2n) is 6.84. The molecule has 0 unspecified atom stereocenters. The highest BCUT2D eigenvalue weighted by molar-refractivity contribution is 5.96. The van der Waals surface area contributed by atoms with Crippen LogP contribution in [0.15, 0.2) is 42.7 Å². The number of hydrogen-bond donors (Lipinski definition) is 1. The minimum absolute atomic E-state index is 0.0672. The molecule has 3 aromatic heterocycles. The first-order chi connectivity index (χ1) is 14.0. The van der Waals surface area contributed by atoms with Crippen molar-refractivity contribution >= 4 is 22.6 Å². The quantitative estimate of drug-likeness (QED) is 0.566. The lowest BCUT2D eigenvalue weighted by Crippen LogP contribution is -2.20. The molecule has 0 saturated carbocycles. The van der Waals surface area contributed by atoms with Gasteiger partial charge in [-0.05, 0) is 43.2 Å². The third kappa shape index (κ3) is 3.44. The summed E-state index contributed by atoms with van der Waals surface area (Å²) in [5, 5.41) is 12.5. The van der Waals surface area contributed by atoms with Gasteiger partial charge in [-0.15, -0.1) is 0 Å². The second kappa shape index (κ2) is 7.38. The molecule has 0 spiro atoms. The minimum Gasteiger partial charge on any atom is -0.497 e. The predicted octanol–water partition coefficient (Wildman–Crippen LogP) is 3.10. The van der Waals surface area contributed by atoms with Gasteiger partial charge in [-0.25, -0.2) is 9.67 Å². The van der Waals surface area contributed by atoms with Gasteiger partial charge >= 0.3 is 0 Å². The van der Waals surface area contributed by atoms with Crippen molar-refractivity contribution in [2.45, 2.75) is 20.4 Å². The largest absolute Gasteiger partial charge is 0.497 e. The number of anilines is 1. The van der Waals surface area contributed by atoms with Crippen LogP contribution in [-0.4, -0.2) is 37.6 Å². The standard InChI is InChI=1S/C21H22N6O2/c1-13-20-17(15-5-7-16(29-4)8-6-15)9-10-22-21(20)27(25-13)12-19(28)24-18-11-23-26(3)14(18)2/h5-11H,12H2,1-4H3,(H,24,28). The first kappa shape index (κ1) is 18.7. The fraction of sp³-hybridized carbons (Fsp3) is 0.238. The highest BCUT2D eigenvalue weighted by atomic mass is 16.5. The van der Waals surface area contributed by atoms with Crippen molar-refractivity contribution < 1.29 is 9.53 Å². The number of methoxy groups -OCH3 is 1. The number of ether oxygens (including phenoxy) is 1. The number of hydrogen-bond acceptors (Lipinski definition) is 5. The zero-order valence-electron chi connectivity index (χ0n) is 16.8. The van der Waals surface area contributed by atoms with Gasteiger partial charge in [-0.3, -0.25) is 9.48 Å². The SMILES string of the molecule is COc1ccc(-c2ccnc3c2c(C)nn3CC(=O)Nc2cnn(C)c2C)cc1. The van der Waals surface area contributed by atoms with Crippen LogP contribution in [0.2, 0.25) is 0 Å². The topological polar surface area (TPSA) is 86.9 Å². The number of carbonyl (C=O) groups is 1. The van der Waals surface area contributed by atoms with Gasteiger partial charge in [0.15, 0.2) is 5.65 Å². The van der Waals surface area contributed by atoms with Crippen LogP contribution in [0.25, 0.3) is 22.2 Å². The number of fused-ring (bicyclic) bond motifs is 1. The number of benzene rings is 1. The summed E-state index contributed by atoms with van der Waals surface area (Å²) in [7, 11) is 3.48. The summed E-state index contributed by atoms with van der Waals surface area (Å²) in [5.74, 6) is 0.621. The van der Waals surface area contributed by atoms with Gasteiger partial charge in [-0.2, -0.15) is 10.2 Å². The summed E-state index contributed by atoms with van der Waals surface area (Å²) in [6.07, 6.45) is 3.38. The Bertz CT molecular complexity index is 1190. The Hall–Kier alpha value is -3.68. The Morgan fingerprint density at radius 1 is 1.17 bits per heavy atom. The van der Waals surface area contributed by atoms with Crippen molar-refractivity contribution in [2.75, 3.05) is 12.4 Å². The average Bonchev–Trinajstić information content (AvgIpc) is 3.21. The summed E-state index contributed by atoms with van der Waals surface area (Å²) < 4.78 is 8.60. The first-order valence-electron chi connectivity index (χ1n) is 9.23. The molecule has 4 aromatic rings. The van der Waals surface area contributed by atoms with Crippen molar-refractivity contribution in [1.82, 2.24) is 24.5 Å². The predicted molar refractivity (Wildman–Crippen MR) is 111 cm³/mol. The lowest BCUT2D eigenvalue weighted by atomic mass is 10.0. The van der Waals surface area contributed by atoms with Crippen LogP contribution in [0.3, 0.4) is 0 Å². The fourth-order valence-corrected chi connectivity index (χ4v) is 3.35. The van der Waals surface area contributed by atoms with E-state index in [0.717, 1.165) is 33.7 Å². The number of aryl methyl sites for hydroxylation is 2. The van der Waals surface area contributed by atoms with Gasteiger partial charge in [0.25, 0.3) is 0 Å². The first-order valence-corrected chi connectivity index (χ1v) is 9.23. The maximum atomic E-state index is 12.6. The van der Waals surface area contributed by atoms with Crippen LogP contribution >= 0.6 is 0 Å². The maximum Gasteiger partial charge on any atom is 0.246 e. The van der Waals surface area contributed by atoms with E-state index in [2.05, 4.69) is 20.5 Å². The highest BCUT2D eigenvalue weighted by Crippen LogP contribution is 2.30. The Kier molecular flexibility index (Phi) is 4.75. The minimum atomic E-state index is -0.179. The van der Waals surface area contributed by atoms with E-state index in [1.165, 1.54) is 0 Å². The summed E-state index contributed by atoms with van der Waals surface area (Å²) >= 11 is 0. The second-order valence-corrected chi connectivity index (χ2v) is 6.84. The number of aromatic nitrogens is 5. The van der Waals surface area contributed by atoms with Crippen molar-refractivity contribution in [3.63, 3.8) is 0 Å². The molecule has 1 amide bonds. The van der Waals surface area contributed by atoms with Gasteiger partial charge < -0.3 is 10.1 Å². The van der Waals surface area contributed by atoms with E-state index >= 15 is 0 Å². The Balaban J connectivity index is 1.66. The van der Waals surface area contributed by atoms with Gasteiger partial charge in [0.1, 0.15) is 12.3 Å². The molecule has 8 nitrogen and oxygen atoms in total. The van der Waals surface area contributed by atoms with Crippen LogP contribution in [-0.2, 0) is 18.4 Å². The van der Waals surface area contributed by atoms with E-state index in [1.807, 2.05) is 51.2 Å². The molecule has 148 valence electrons. The molecule has 4 rings (SSSR count). The molecule has 0 bridgehead atoms. The van der Waals surface area contributed by atoms with Crippen LogP contribution in [0.5, 0.6) is 5.75 Å². The molecule has 8 heteroatoms. The third-order valence-corrected chi connectivity index (χ3v) is 5.01. The van der Waals surface area contributed by atoms with Gasteiger partial charge in [0.05, 0.1) is 30.4 Å². The van der Waals surface area contributed by atoms with Crippen molar-refractivity contribution in [3.05, 3.63) is 54.1 Å². The number of carbonyl (C=O) groups excluding carboxylic acids is 1. The van der Waals surface area contributed by atoms with Crippen LogP contribution in [0.4, 0.5) is 5.69 Å². The third-order valence-electron chi connectivity index (χ3n) is 5.01. The summed E-state index contributed by atoms with van der Waals surface area (Å²) in [6.45, 7) is 3.90.